The Morgan fingerprint density at radius 1 is 1.41 bits per heavy atom. The maximum absolute atomic E-state index is 13.9. The zero-order valence-electron chi connectivity index (χ0n) is 18.6. The first-order valence-electron chi connectivity index (χ1n) is 11.4. The maximum Gasteiger partial charge on any atom is 0.315 e. The van der Waals surface area contributed by atoms with Crippen molar-refractivity contribution in [1.82, 2.24) is 5.32 Å². The van der Waals surface area contributed by atoms with Gasteiger partial charge in [0.1, 0.15) is 23.4 Å². The number of aliphatic hydroxyl groups is 2. The van der Waals surface area contributed by atoms with Crippen LogP contribution < -0.4 is 5.32 Å². The average Bonchev–Trinajstić information content (AvgIpc) is 3.35. The number of aliphatic hydroxyl groups excluding tert-OH is 1. The molecule has 7 atom stereocenters. The van der Waals surface area contributed by atoms with Gasteiger partial charge in [0.15, 0.2) is 0 Å². The fraction of sp³-hybridized carbons (Fsp3) is 0.600. The van der Waals surface area contributed by atoms with Crippen molar-refractivity contribution in [3.8, 4) is 0 Å². The zero-order valence-corrected chi connectivity index (χ0v) is 18.6. The second-order valence-corrected chi connectivity index (χ2v) is 10.5. The lowest BCUT2D eigenvalue weighted by molar-refractivity contribution is -0.154. The van der Waals surface area contributed by atoms with Crippen LogP contribution in [-0.4, -0.2) is 39.9 Å². The number of ether oxygens (including phenoxy) is 1. The van der Waals surface area contributed by atoms with Crippen LogP contribution in [0, 0.1) is 22.7 Å². The topological polar surface area (TPSA) is 109 Å². The maximum atomic E-state index is 13.9. The molecule has 0 radical (unpaired) electrons. The van der Waals surface area contributed by atoms with Gasteiger partial charge < -0.3 is 24.7 Å². The molecule has 7 heteroatoms. The summed E-state index contributed by atoms with van der Waals surface area (Å²) in [5.74, 6) is -1.23. The zero-order chi connectivity index (χ0) is 22.9. The van der Waals surface area contributed by atoms with Crippen LogP contribution in [0.1, 0.15) is 51.7 Å². The Balaban J connectivity index is 1.58. The smallest absolute Gasteiger partial charge is 0.315 e. The lowest BCUT2D eigenvalue weighted by Crippen LogP contribution is -2.56. The SMILES string of the molecule is C=C1C[C@@]2([C@@H](C(=O)NCc3ccco3)C3C(C)=C[C@H]4OC(=O)[C@]3(C)[C@H]4O)CCC[C@]1(O)C2. The summed E-state index contributed by atoms with van der Waals surface area (Å²) in [6.45, 7) is 8.00. The molecule has 5 rings (SSSR count). The third kappa shape index (κ3) is 2.87. The summed E-state index contributed by atoms with van der Waals surface area (Å²) in [7, 11) is 0. The van der Waals surface area contributed by atoms with Crippen LogP contribution in [0.5, 0.6) is 0 Å². The minimum Gasteiger partial charge on any atom is -0.467 e. The highest BCUT2D eigenvalue weighted by molar-refractivity contribution is 5.86. The molecule has 2 saturated carbocycles. The van der Waals surface area contributed by atoms with E-state index in [2.05, 4.69) is 11.9 Å². The van der Waals surface area contributed by atoms with Crippen molar-refractivity contribution < 1.29 is 29.0 Å². The number of amides is 1. The Bertz CT molecular complexity index is 998. The first-order valence-corrected chi connectivity index (χ1v) is 11.4. The molecule has 32 heavy (non-hydrogen) atoms. The second kappa shape index (κ2) is 7.06. The van der Waals surface area contributed by atoms with Crippen molar-refractivity contribution in [3.63, 3.8) is 0 Å². The van der Waals surface area contributed by atoms with Crippen molar-refractivity contribution in [2.45, 2.75) is 70.3 Å². The van der Waals surface area contributed by atoms with Crippen molar-refractivity contribution in [3.05, 3.63) is 48.0 Å². The second-order valence-electron chi connectivity index (χ2n) is 10.5. The summed E-state index contributed by atoms with van der Waals surface area (Å²) in [4.78, 5) is 26.9. The van der Waals surface area contributed by atoms with Gasteiger partial charge in [-0.15, -0.1) is 0 Å². The van der Waals surface area contributed by atoms with E-state index in [9.17, 15) is 19.8 Å². The number of hydrogen-bond donors (Lipinski definition) is 3. The first-order chi connectivity index (χ1) is 15.1. The van der Waals surface area contributed by atoms with E-state index in [1.54, 1.807) is 31.4 Å². The van der Waals surface area contributed by atoms with E-state index in [0.29, 0.717) is 25.0 Å². The number of fused-ring (bicyclic) bond motifs is 4. The molecule has 0 spiro atoms. The average molecular weight is 442 g/mol. The van der Waals surface area contributed by atoms with Gasteiger partial charge in [-0.05, 0) is 75.1 Å². The molecule has 3 fully saturated rings. The monoisotopic (exact) mass is 441 g/mol. The first kappa shape index (κ1) is 21.5. The van der Waals surface area contributed by atoms with Crippen molar-refractivity contribution >= 4 is 11.9 Å². The molecule has 1 saturated heterocycles. The van der Waals surface area contributed by atoms with E-state index in [-0.39, 0.29) is 12.5 Å². The summed E-state index contributed by atoms with van der Waals surface area (Å²) >= 11 is 0. The minimum atomic E-state index is -1.23. The number of esters is 1. The van der Waals surface area contributed by atoms with E-state index in [1.165, 1.54) is 0 Å². The van der Waals surface area contributed by atoms with E-state index < -0.39 is 46.4 Å². The van der Waals surface area contributed by atoms with Gasteiger partial charge in [-0.25, -0.2) is 0 Å². The molecule has 2 heterocycles. The summed E-state index contributed by atoms with van der Waals surface area (Å²) < 4.78 is 10.9. The van der Waals surface area contributed by atoms with Gasteiger partial charge >= 0.3 is 5.97 Å². The summed E-state index contributed by atoms with van der Waals surface area (Å²) in [6, 6.07) is 3.56. The van der Waals surface area contributed by atoms with Crippen LogP contribution in [0.15, 0.2) is 46.6 Å². The number of nitrogens with one attached hydrogen (secondary N) is 1. The van der Waals surface area contributed by atoms with Crippen LogP contribution in [0.25, 0.3) is 0 Å². The third-order valence-corrected chi connectivity index (χ3v) is 8.60. The number of rotatable bonds is 5. The number of carbonyl (C=O) groups excluding carboxylic acids is 2. The molecular weight excluding hydrogens is 410 g/mol. The van der Waals surface area contributed by atoms with Gasteiger partial charge in [0, 0.05) is 5.92 Å². The molecule has 1 aromatic heterocycles. The summed E-state index contributed by atoms with van der Waals surface area (Å²) in [6.07, 6.45) is 4.76. The van der Waals surface area contributed by atoms with E-state index in [1.807, 2.05) is 6.92 Å². The van der Waals surface area contributed by atoms with Crippen LogP contribution >= 0.6 is 0 Å². The van der Waals surface area contributed by atoms with Crippen molar-refractivity contribution in [2.24, 2.45) is 22.7 Å². The molecule has 4 aliphatic rings. The van der Waals surface area contributed by atoms with Crippen molar-refractivity contribution in [1.29, 1.82) is 0 Å². The number of carbonyl (C=O) groups is 2. The molecule has 1 aliphatic heterocycles. The van der Waals surface area contributed by atoms with Gasteiger partial charge in [0.2, 0.25) is 5.91 Å². The molecule has 1 amide bonds. The Hall–Kier alpha value is -2.38. The molecule has 7 nitrogen and oxygen atoms in total. The quantitative estimate of drug-likeness (QED) is 0.479. The fourth-order valence-corrected chi connectivity index (χ4v) is 7.05. The Labute approximate surface area is 187 Å². The predicted molar refractivity (Wildman–Crippen MR) is 115 cm³/mol. The fourth-order valence-electron chi connectivity index (χ4n) is 7.05. The third-order valence-electron chi connectivity index (χ3n) is 8.60. The van der Waals surface area contributed by atoms with Gasteiger partial charge in [-0.3, -0.25) is 9.59 Å². The predicted octanol–water partition coefficient (Wildman–Crippen LogP) is 2.63. The van der Waals surface area contributed by atoms with E-state index >= 15 is 0 Å². The van der Waals surface area contributed by atoms with Gasteiger partial charge in [0.05, 0.1) is 24.3 Å². The normalized spacial score (nSPS) is 41.2. The largest absolute Gasteiger partial charge is 0.467 e. The van der Waals surface area contributed by atoms with Gasteiger partial charge in [-0.2, -0.15) is 0 Å². The molecule has 3 N–H and O–H groups in total. The van der Waals surface area contributed by atoms with Crippen molar-refractivity contribution in [2.75, 3.05) is 0 Å². The molecule has 172 valence electrons. The Morgan fingerprint density at radius 2 is 2.19 bits per heavy atom. The van der Waals surface area contributed by atoms with Crippen LogP contribution in [-0.2, 0) is 20.9 Å². The number of hydrogen-bond acceptors (Lipinski definition) is 6. The Morgan fingerprint density at radius 3 is 2.91 bits per heavy atom. The molecule has 0 aromatic carbocycles. The summed E-state index contributed by atoms with van der Waals surface area (Å²) in [5.41, 5.74) is -1.14. The lowest BCUT2D eigenvalue weighted by Gasteiger charge is -2.49. The van der Waals surface area contributed by atoms with E-state index in [4.69, 9.17) is 9.15 Å². The lowest BCUT2D eigenvalue weighted by atomic mass is 9.53. The molecule has 1 unspecified atom stereocenters. The highest BCUT2D eigenvalue weighted by atomic mass is 16.6. The number of allylic oxidation sites excluding steroid dienone is 1. The summed E-state index contributed by atoms with van der Waals surface area (Å²) in [5, 5.41) is 25.2. The van der Waals surface area contributed by atoms with Crippen LogP contribution in [0.3, 0.4) is 0 Å². The van der Waals surface area contributed by atoms with Crippen LogP contribution in [0.4, 0.5) is 0 Å². The van der Waals surface area contributed by atoms with E-state index in [0.717, 1.165) is 24.0 Å². The minimum absolute atomic E-state index is 0.204. The van der Waals surface area contributed by atoms with Gasteiger partial charge in [0.25, 0.3) is 0 Å². The Kier molecular flexibility index (Phi) is 4.73. The standard InChI is InChI=1S/C25H31NO6/c1-14-10-17-20(27)23(3,22(29)32-17)18(14)19(21(28)26-12-16-6-4-9-31-16)24-7-5-8-25(30,13-24)15(2)11-24/h4,6,9-10,17-20,27,30H,2,5,7-8,11-13H2,1,3H3,(H,26,28)/t17-,18?,19-,20+,23+,24+,25+/m1/s1. The molecular formula is C25H31NO6. The molecule has 3 aliphatic carbocycles. The van der Waals surface area contributed by atoms with Crippen LogP contribution in [0.2, 0.25) is 0 Å². The highest BCUT2D eigenvalue weighted by Gasteiger charge is 2.67. The molecule has 4 bridgehead atoms. The highest BCUT2D eigenvalue weighted by Crippen LogP contribution is 2.64. The molecule has 1 aromatic rings. The van der Waals surface area contributed by atoms with Gasteiger partial charge in [-0.1, -0.05) is 12.2 Å². The number of furan rings is 1.